The van der Waals surface area contributed by atoms with Crippen LogP contribution in [0.15, 0.2) is 16.8 Å². The summed E-state index contributed by atoms with van der Waals surface area (Å²) in [6.07, 6.45) is 1.09. The predicted octanol–water partition coefficient (Wildman–Crippen LogP) is 0.756. The number of rotatable bonds is 1. The molecule has 0 saturated heterocycles. The molecule has 0 saturated carbocycles. The first kappa shape index (κ1) is 8.86. The smallest absolute Gasteiger partial charge is 0.270 e. The molecule has 0 aromatic rings. The van der Waals surface area contributed by atoms with Crippen LogP contribution in [0.3, 0.4) is 0 Å². The van der Waals surface area contributed by atoms with Crippen LogP contribution in [0.5, 0.6) is 0 Å². The fourth-order valence-corrected chi connectivity index (χ4v) is 0.976. The maximum absolute atomic E-state index is 10.8. The van der Waals surface area contributed by atoms with E-state index < -0.39 is 16.2 Å². The number of allylic oxidation sites excluding steroid dienone is 1. The number of halogens is 1. The quantitative estimate of drug-likeness (QED) is 0.346. The number of hydrogen-bond acceptors (Lipinski definition) is 3. The molecule has 6 heteroatoms. The summed E-state index contributed by atoms with van der Waals surface area (Å²) < 4.78 is 0. The molecule has 0 fully saturated rings. The second-order valence-corrected chi connectivity index (χ2v) is 2.72. The fourth-order valence-electron chi connectivity index (χ4n) is 0.808. The molecule has 12 heavy (non-hydrogen) atoms. The number of alkyl halides is 1. The lowest BCUT2D eigenvalue weighted by molar-refractivity contribution is -0.415. The first-order valence-corrected chi connectivity index (χ1v) is 3.56. The van der Waals surface area contributed by atoms with Gasteiger partial charge in [-0.3, -0.25) is 14.9 Å². The Morgan fingerprint density at radius 3 is 2.83 bits per heavy atom. The summed E-state index contributed by atoms with van der Waals surface area (Å²) in [6, 6.07) is 0. The highest BCUT2D eigenvalue weighted by Gasteiger charge is 2.26. The number of carbonyl (C=O) groups is 1. The van der Waals surface area contributed by atoms with Crippen LogP contribution in [-0.4, -0.2) is 21.9 Å². The van der Waals surface area contributed by atoms with Gasteiger partial charge >= 0.3 is 0 Å². The maximum atomic E-state index is 10.8. The molecule has 1 unspecified atom stereocenters. The van der Waals surface area contributed by atoms with Crippen LogP contribution in [-0.2, 0) is 4.79 Å². The molecule has 5 nitrogen and oxygen atoms in total. The standard InChI is InChI=1S/C6H5ClN2O3/c1-3-5(9(11)12)2-4(7)6(10)8-3/h2,4H,1H3. The Hall–Kier alpha value is -1.23. The third-order valence-corrected chi connectivity index (χ3v) is 1.70. The number of amides is 1. The van der Waals surface area contributed by atoms with Crippen molar-refractivity contribution in [3.05, 3.63) is 21.9 Å². The number of dihydropyridines is 1. The van der Waals surface area contributed by atoms with Gasteiger partial charge in [0.2, 0.25) is 0 Å². The van der Waals surface area contributed by atoms with E-state index in [1.807, 2.05) is 0 Å². The van der Waals surface area contributed by atoms with E-state index in [0.29, 0.717) is 0 Å². The van der Waals surface area contributed by atoms with Gasteiger partial charge in [-0.1, -0.05) is 0 Å². The van der Waals surface area contributed by atoms with Crippen molar-refractivity contribution in [3.8, 4) is 0 Å². The normalized spacial score (nSPS) is 23.2. The first-order valence-electron chi connectivity index (χ1n) is 3.12. The topological polar surface area (TPSA) is 72.6 Å². The summed E-state index contributed by atoms with van der Waals surface area (Å²) >= 11 is 5.43. The van der Waals surface area contributed by atoms with Gasteiger partial charge in [0.25, 0.3) is 11.6 Å². The SMILES string of the molecule is CC1=NC(=O)C(Cl)C=C1[N+](=O)[O-]. The van der Waals surface area contributed by atoms with E-state index >= 15 is 0 Å². The summed E-state index contributed by atoms with van der Waals surface area (Å²) in [7, 11) is 0. The summed E-state index contributed by atoms with van der Waals surface area (Å²) in [5, 5.41) is 9.30. The second-order valence-electron chi connectivity index (χ2n) is 2.25. The highest BCUT2D eigenvalue weighted by atomic mass is 35.5. The van der Waals surface area contributed by atoms with Crippen molar-refractivity contribution in [3.63, 3.8) is 0 Å². The van der Waals surface area contributed by atoms with Gasteiger partial charge in [-0.25, -0.2) is 4.99 Å². The van der Waals surface area contributed by atoms with Gasteiger partial charge in [-0.15, -0.1) is 11.6 Å². The van der Waals surface area contributed by atoms with E-state index in [9.17, 15) is 14.9 Å². The molecule has 0 aromatic heterocycles. The third-order valence-electron chi connectivity index (χ3n) is 1.39. The van der Waals surface area contributed by atoms with Crippen LogP contribution in [0.25, 0.3) is 0 Å². The van der Waals surface area contributed by atoms with Crippen molar-refractivity contribution in [2.75, 3.05) is 0 Å². The van der Waals surface area contributed by atoms with E-state index in [1.165, 1.54) is 6.92 Å². The van der Waals surface area contributed by atoms with Crippen molar-refractivity contribution in [1.82, 2.24) is 0 Å². The van der Waals surface area contributed by atoms with Crippen molar-refractivity contribution in [1.29, 1.82) is 0 Å². The Balaban J connectivity index is 3.04. The van der Waals surface area contributed by atoms with Crippen molar-refractivity contribution in [2.24, 2.45) is 4.99 Å². The monoisotopic (exact) mass is 188 g/mol. The van der Waals surface area contributed by atoms with Crippen LogP contribution in [0.1, 0.15) is 6.92 Å². The summed E-state index contributed by atoms with van der Waals surface area (Å²) in [5.74, 6) is -0.556. The highest BCUT2D eigenvalue weighted by molar-refractivity contribution is 6.34. The van der Waals surface area contributed by atoms with Crippen LogP contribution >= 0.6 is 11.6 Å². The lowest BCUT2D eigenvalue weighted by Crippen LogP contribution is -2.22. The molecule has 0 aliphatic carbocycles. The summed E-state index contributed by atoms with van der Waals surface area (Å²) in [6.45, 7) is 1.40. The van der Waals surface area contributed by atoms with E-state index in [-0.39, 0.29) is 11.4 Å². The average molecular weight is 189 g/mol. The van der Waals surface area contributed by atoms with Crippen LogP contribution in [0.4, 0.5) is 0 Å². The molecular weight excluding hydrogens is 184 g/mol. The fraction of sp³-hybridized carbons (Fsp3) is 0.333. The Morgan fingerprint density at radius 1 is 1.75 bits per heavy atom. The van der Waals surface area contributed by atoms with Gasteiger partial charge in [0.05, 0.1) is 4.92 Å². The third kappa shape index (κ3) is 1.50. The summed E-state index contributed by atoms with van der Waals surface area (Å²) in [4.78, 5) is 23.9. The Morgan fingerprint density at radius 2 is 2.33 bits per heavy atom. The molecule has 1 atom stereocenters. The van der Waals surface area contributed by atoms with Gasteiger partial charge in [0, 0.05) is 6.08 Å². The molecule has 1 aliphatic rings. The zero-order valence-corrected chi connectivity index (χ0v) is 6.91. The molecule has 1 amide bonds. The zero-order valence-electron chi connectivity index (χ0n) is 6.15. The molecule has 0 radical (unpaired) electrons. The number of hydrogen-bond donors (Lipinski definition) is 0. The minimum absolute atomic E-state index is 0.0990. The molecule has 1 rings (SSSR count). The number of aliphatic imine (C=N–C) groups is 1. The minimum Gasteiger partial charge on any atom is -0.270 e. The van der Waals surface area contributed by atoms with E-state index in [2.05, 4.69) is 4.99 Å². The lowest BCUT2D eigenvalue weighted by Gasteiger charge is -2.06. The molecule has 0 N–H and O–H groups in total. The molecule has 1 aliphatic heterocycles. The van der Waals surface area contributed by atoms with E-state index in [0.717, 1.165) is 6.08 Å². The number of nitrogens with zero attached hydrogens (tertiary/aromatic N) is 2. The van der Waals surface area contributed by atoms with E-state index in [1.54, 1.807) is 0 Å². The first-order chi connectivity index (χ1) is 5.52. The average Bonchev–Trinajstić information content (AvgIpc) is 1.96. The molecule has 0 spiro atoms. The Bertz CT molecular complexity index is 308. The van der Waals surface area contributed by atoms with Crippen molar-refractivity contribution < 1.29 is 9.72 Å². The number of carbonyl (C=O) groups excluding carboxylic acids is 1. The molecule has 0 bridgehead atoms. The summed E-state index contributed by atoms with van der Waals surface area (Å²) in [5.41, 5.74) is -0.100. The van der Waals surface area contributed by atoms with Crippen molar-refractivity contribution >= 4 is 23.2 Å². The molecular formula is C6H5ClN2O3. The Kier molecular flexibility index (Phi) is 2.23. The molecule has 1 heterocycles. The van der Waals surface area contributed by atoms with Gasteiger partial charge in [0.1, 0.15) is 11.1 Å². The number of nitro groups is 1. The van der Waals surface area contributed by atoms with Crippen LogP contribution in [0, 0.1) is 10.1 Å². The van der Waals surface area contributed by atoms with Gasteiger partial charge in [-0.05, 0) is 6.92 Å². The predicted molar refractivity (Wildman–Crippen MR) is 42.8 cm³/mol. The zero-order chi connectivity index (χ0) is 9.30. The largest absolute Gasteiger partial charge is 0.288 e. The van der Waals surface area contributed by atoms with Crippen LogP contribution in [0.2, 0.25) is 0 Å². The van der Waals surface area contributed by atoms with E-state index in [4.69, 9.17) is 11.6 Å². The molecule has 0 aromatic carbocycles. The van der Waals surface area contributed by atoms with Gasteiger partial charge in [0.15, 0.2) is 0 Å². The minimum atomic E-state index is -1.01. The molecule has 64 valence electrons. The van der Waals surface area contributed by atoms with Gasteiger partial charge in [-0.2, -0.15) is 0 Å². The van der Waals surface area contributed by atoms with Crippen LogP contribution < -0.4 is 0 Å². The Labute approximate surface area is 72.9 Å². The van der Waals surface area contributed by atoms with Crippen molar-refractivity contribution in [2.45, 2.75) is 12.3 Å². The maximum Gasteiger partial charge on any atom is 0.288 e. The highest BCUT2D eigenvalue weighted by Crippen LogP contribution is 2.13. The lowest BCUT2D eigenvalue weighted by atomic mass is 10.2. The second kappa shape index (κ2) is 3.02. The van der Waals surface area contributed by atoms with Gasteiger partial charge < -0.3 is 0 Å².